The predicted molar refractivity (Wildman–Crippen MR) is 63.3 cm³/mol. The number of hydrogen-bond acceptors (Lipinski definition) is 2. The minimum absolute atomic E-state index is 0.268. The first-order valence-electron chi connectivity index (χ1n) is 4.94. The Labute approximate surface area is 95.4 Å². The Bertz CT molecular complexity index is 350. The smallest absolute Gasteiger partial charge is 0.178 e. The molecule has 1 aromatic rings. The molecule has 0 atom stereocenters. The summed E-state index contributed by atoms with van der Waals surface area (Å²) in [6.45, 7) is 5.91. The van der Waals surface area contributed by atoms with Crippen LogP contribution in [-0.2, 0) is 6.42 Å². The second kappa shape index (κ2) is 5.81. The molecular formula is C12H15FOS. The third-order valence-corrected chi connectivity index (χ3v) is 2.57. The second-order valence-electron chi connectivity index (χ2n) is 3.15. The molecule has 0 bridgehead atoms. The molecule has 1 rings (SSSR count). The van der Waals surface area contributed by atoms with E-state index in [9.17, 15) is 4.39 Å². The van der Waals surface area contributed by atoms with Crippen LogP contribution in [0.15, 0.2) is 29.7 Å². The summed E-state index contributed by atoms with van der Waals surface area (Å²) in [6, 6.07) is 3.50. The van der Waals surface area contributed by atoms with Crippen molar-refractivity contribution in [2.45, 2.75) is 24.7 Å². The highest BCUT2D eigenvalue weighted by Crippen LogP contribution is 2.27. The van der Waals surface area contributed by atoms with Gasteiger partial charge in [0.1, 0.15) is 0 Å². The Balaban J connectivity index is 2.93. The number of hydrogen-bond donors (Lipinski definition) is 1. The van der Waals surface area contributed by atoms with Crippen molar-refractivity contribution < 1.29 is 9.13 Å². The van der Waals surface area contributed by atoms with Crippen LogP contribution >= 0.6 is 12.6 Å². The number of aryl methyl sites for hydroxylation is 1. The van der Waals surface area contributed by atoms with Crippen LogP contribution < -0.4 is 4.74 Å². The average Bonchev–Trinajstić information content (AvgIpc) is 2.24. The van der Waals surface area contributed by atoms with E-state index in [2.05, 4.69) is 19.2 Å². The highest BCUT2D eigenvalue weighted by molar-refractivity contribution is 7.80. The minimum Gasteiger partial charge on any atom is -0.491 e. The highest BCUT2D eigenvalue weighted by Gasteiger charge is 2.10. The first-order valence-corrected chi connectivity index (χ1v) is 5.39. The molecule has 0 amide bonds. The van der Waals surface area contributed by atoms with Gasteiger partial charge in [-0.25, -0.2) is 4.39 Å². The van der Waals surface area contributed by atoms with E-state index in [1.54, 1.807) is 6.07 Å². The molecule has 1 aromatic carbocycles. The molecule has 3 heteroatoms. The van der Waals surface area contributed by atoms with Crippen molar-refractivity contribution in [2.24, 2.45) is 0 Å². The van der Waals surface area contributed by atoms with Crippen LogP contribution in [0.4, 0.5) is 4.39 Å². The van der Waals surface area contributed by atoms with Crippen molar-refractivity contribution >= 4 is 12.6 Å². The maximum absolute atomic E-state index is 13.6. The van der Waals surface area contributed by atoms with Crippen LogP contribution in [0, 0.1) is 5.82 Å². The van der Waals surface area contributed by atoms with Crippen LogP contribution in [0.25, 0.3) is 0 Å². The molecule has 0 heterocycles. The normalized spacial score (nSPS) is 10.1. The lowest BCUT2D eigenvalue weighted by Gasteiger charge is -2.09. The fourth-order valence-electron chi connectivity index (χ4n) is 1.31. The van der Waals surface area contributed by atoms with E-state index < -0.39 is 0 Å². The maximum atomic E-state index is 13.6. The Kier molecular flexibility index (Phi) is 4.69. The van der Waals surface area contributed by atoms with Crippen LogP contribution in [0.5, 0.6) is 5.75 Å². The fourth-order valence-corrected chi connectivity index (χ4v) is 1.61. The Morgan fingerprint density at radius 3 is 2.87 bits per heavy atom. The van der Waals surface area contributed by atoms with E-state index in [0.717, 1.165) is 18.4 Å². The number of thiol groups is 1. The third-order valence-electron chi connectivity index (χ3n) is 2.08. The van der Waals surface area contributed by atoms with E-state index in [-0.39, 0.29) is 11.6 Å². The summed E-state index contributed by atoms with van der Waals surface area (Å²) in [6.07, 6.45) is 3.38. The van der Waals surface area contributed by atoms with Gasteiger partial charge >= 0.3 is 0 Å². The van der Waals surface area contributed by atoms with Gasteiger partial charge in [0, 0.05) is 4.90 Å². The Hall–Kier alpha value is -0.960. The van der Waals surface area contributed by atoms with Crippen molar-refractivity contribution in [3.05, 3.63) is 36.2 Å². The summed E-state index contributed by atoms with van der Waals surface area (Å²) < 4.78 is 18.8. The van der Waals surface area contributed by atoms with Crippen molar-refractivity contribution in [1.29, 1.82) is 0 Å². The number of allylic oxidation sites excluding steroid dienone is 1. The zero-order valence-corrected chi connectivity index (χ0v) is 9.69. The van der Waals surface area contributed by atoms with Crippen molar-refractivity contribution in [1.82, 2.24) is 0 Å². The summed E-state index contributed by atoms with van der Waals surface area (Å²) in [5.74, 6) is -0.105. The Morgan fingerprint density at radius 1 is 1.53 bits per heavy atom. The van der Waals surface area contributed by atoms with E-state index in [0.29, 0.717) is 11.5 Å². The summed E-state index contributed by atoms with van der Waals surface area (Å²) >= 11 is 4.16. The molecule has 0 aromatic heterocycles. The van der Waals surface area contributed by atoms with Gasteiger partial charge in [0.25, 0.3) is 0 Å². The largest absolute Gasteiger partial charge is 0.491 e. The van der Waals surface area contributed by atoms with Gasteiger partial charge in [-0.1, -0.05) is 12.1 Å². The van der Waals surface area contributed by atoms with Gasteiger partial charge in [0.05, 0.1) is 6.61 Å². The van der Waals surface area contributed by atoms with Gasteiger partial charge in [-0.05, 0) is 31.4 Å². The molecule has 82 valence electrons. The molecule has 0 fully saturated rings. The summed E-state index contributed by atoms with van der Waals surface area (Å²) in [4.78, 5) is 0.378. The van der Waals surface area contributed by atoms with Crippen molar-refractivity contribution in [2.75, 3.05) is 6.61 Å². The van der Waals surface area contributed by atoms with Gasteiger partial charge in [-0.15, -0.1) is 19.2 Å². The Morgan fingerprint density at radius 2 is 2.27 bits per heavy atom. The maximum Gasteiger partial charge on any atom is 0.178 e. The molecule has 0 radical (unpaired) electrons. The standard InChI is InChI=1S/C12H15FOS/c1-3-5-6-9-7-8-10(14-4-2)11(13)12(9)15/h3,7-8,15H,1,4-6H2,2H3. The molecule has 0 aliphatic carbocycles. The molecule has 0 unspecified atom stereocenters. The molecule has 0 saturated heterocycles. The molecule has 0 N–H and O–H groups in total. The van der Waals surface area contributed by atoms with Gasteiger partial charge in [0.2, 0.25) is 0 Å². The highest BCUT2D eigenvalue weighted by atomic mass is 32.1. The lowest BCUT2D eigenvalue weighted by Crippen LogP contribution is -1.98. The van der Waals surface area contributed by atoms with E-state index in [1.807, 2.05) is 19.1 Å². The molecule has 0 aliphatic rings. The number of halogens is 1. The fraction of sp³-hybridized carbons (Fsp3) is 0.333. The van der Waals surface area contributed by atoms with Crippen LogP contribution in [0.3, 0.4) is 0 Å². The van der Waals surface area contributed by atoms with Crippen LogP contribution in [-0.4, -0.2) is 6.61 Å². The lowest BCUT2D eigenvalue weighted by molar-refractivity contribution is 0.318. The quantitative estimate of drug-likeness (QED) is 0.596. The second-order valence-corrected chi connectivity index (χ2v) is 3.59. The molecule has 0 spiro atoms. The zero-order chi connectivity index (χ0) is 11.3. The molecule has 1 nitrogen and oxygen atoms in total. The third kappa shape index (κ3) is 2.99. The molecule has 0 saturated carbocycles. The molecule has 0 aliphatic heterocycles. The number of benzene rings is 1. The summed E-state index contributed by atoms with van der Waals surface area (Å²) in [7, 11) is 0. The van der Waals surface area contributed by atoms with Crippen molar-refractivity contribution in [3.63, 3.8) is 0 Å². The molecule has 15 heavy (non-hydrogen) atoms. The molecular weight excluding hydrogens is 211 g/mol. The van der Waals surface area contributed by atoms with Gasteiger partial charge < -0.3 is 4.74 Å². The van der Waals surface area contributed by atoms with Gasteiger partial charge in [0.15, 0.2) is 11.6 Å². The minimum atomic E-state index is -0.373. The van der Waals surface area contributed by atoms with E-state index >= 15 is 0 Å². The van der Waals surface area contributed by atoms with Gasteiger partial charge in [-0.3, -0.25) is 0 Å². The monoisotopic (exact) mass is 226 g/mol. The van der Waals surface area contributed by atoms with E-state index in [4.69, 9.17) is 4.74 Å². The number of ether oxygens (including phenoxy) is 1. The SMILES string of the molecule is C=CCCc1ccc(OCC)c(F)c1S. The van der Waals surface area contributed by atoms with Crippen LogP contribution in [0.1, 0.15) is 18.9 Å². The average molecular weight is 226 g/mol. The summed E-state index contributed by atoms with van der Waals surface area (Å²) in [5.41, 5.74) is 0.888. The number of rotatable bonds is 5. The predicted octanol–water partition coefficient (Wildman–Crippen LogP) is 3.63. The van der Waals surface area contributed by atoms with Gasteiger partial charge in [-0.2, -0.15) is 0 Å². The van der Waals surface area contributed by atoms with Crippen LogP contribution in [0.2, 0.25) is 0 Å². The first-order chi connectivity index (χ1) is 7.20. The topological polar surface area (TPSA) is 9.23 Å². The first kappa shape index (κ1) is 12.1. The lowest BCUT2D eigenvalue weighted by atomic mass is 10.1. The van der Waals surface area contributed by atoms with E-state index in [1.165, 1.54) is 0 Å². The zero-order valence-electron chi connectivity index (χ0n) is 8.79. The van der Waals surface area contributed by atoms with Crippen molar-refractivity contribution in [3.8, 4) is 5.75 Å². The summed E-state index contributed by atoms with van der Waals surface area (Å²) in [5, 5.41) is 0.